The molecule has 0 spiro atoms. The van der Waals surface area contributed by atoms with E-state index in [2.05, 4.69) is 9.68 Å². The molecule has 1 saturated heterocycles. The van der Waals surface area contributed by atoms with Gasteiger partial charge in [-0.05, 0) is 0 Å². The summed E-state index contributed by atoms with van der Waals surface area (Å²) in [5.41, 5.74) is 0.0420. The fourth-order valence-electron chi connectivity index (χ4n) is 1.74. The van der Waals surface area contributed by atoms with E-state index in [1.165, 1.54) is 12.3 Å². The molecule has 2 N–H and O–H groups in total. The highest BCUT2D eigenvalue weighted by Crippen LogP contribution is 2.20. The van der Waals surface area contributed by atoms with Crippen molar-refractivity contribution in [3.63, 3.8) is 0 Å². The lowest BCUT2D eigenvalue weighted by Gasteiger charge is -2.19. The molecule has 2 heterocycles. The predicted molar refractivity (Wildman–Crippen MR) is 49.6 cm³/mol. The summed E-state index contributed by atoms with van der Waals surface area (Å²) in [5.74, 6) is -1.67. The highest BCUT2D eigenvalue weighted by atomic mass is 16.5. The number of nitrogens with zero attached hydrogens (tertiary/aromatic N) is 2. The average Bonchev–Trinajstić information content (AvgIpc) is 2.84. The van der Waals surface area contributed by atoms with Gasteiger partial charge in [0.15, 0.2) is 5.69 Å². The van der Waals surface area contributed by atoms with Crippen molar-refractivity contribution < 1.29 is 24.3 Å². The summed E-state index contributed by atoms with van der Waals surface area (Å²) < 4.78 is 4.51. The van der Waals surface area contributed by atoms with Crippen molar-refractivity contribution in [3.8, 4) is 0 Å². The number of hydrogen-bond acceptors (Lipinski definition) is 5. The molecule has 0 bridgehead atoms. The summed E-state index contributed by atoms with van der Waals surface area (Å²) in [5, 5.41) is 21.7. The minimum Gasteiger partial charge on any atom is -0.480 e. The van der Waals surface area contributed by atoms with Crippen LogP contribution in [0, 0.1) is 0 Å². The molecule has 2 atom stereocenters. The Bertz CT molecular complexity index is 402. The Morgan fingerprint density at radius 2 is 2.31 bits per heavy atom. The number of β-amino-alcohol motifs (C(OH)–C–C–N with tert-alkyl or cyclic N) is 1. The minimum absolute atomic E-state index is 0.00264. The molecule has 2 rings (SSSR count). The second-order valence-corrected chi connectivity index (χ2v) is 3.59. The Hall–Kier alpha value is -1.89. The Morgan fingerprint density at radius 3 is 2.88 bits per heavy atom. The van der Waals surface area contributed by atoms with Gasteiger partial charge in [-0.3, -0.25) is 4.79 Å². The van der Waals surface area contributed by atoms with Crippen molar-refractivity contribution >= 4 is 11.9 Å². The largest absolute Gasteiger partial charge is 0.480 e. The lowest BCUT2D eigenvalue weighted by molar-refractivity contribution is -0.141. The van der Waals surface area contributed by atoms with Crippen molar-refractivity contribution in [2.24, 2.45) is 0 Å². The second kappa shape index (κ2) is 3.93. The number of aliphatic hydroxyl groups is 1. The van der Waals surface area contributed by atoms with E-state index < -0.39 is 24.0 Å². The zero-order valence-electron chi connectivity index (χ0n) is 8.24. The Balaban J connectivity index is 2.20. The second-order valence-electron chi connectivity index (χ2n) is 3.59. The van der Waals surface area contributed by atoms with Gasteiger partial charge in [0.1, 0.15) is 12.3 Å². The number of hydrogen-bond donors (Lipinski definition) is 2. The molecular formula is C9H10N2O5. The van der Waals surface area contributed by atoms with Crippen LogP contribution in [0.3, 0.4) is 0 Å². The Kier molecular flexibility index (Phi) is 2.61. The van der Waals surface area contributed by atoms with Crippen LogP contribution in [0.1, 0.15) is 16.9 Å². The van der Waals surface area contributed by atoms with Crippen LogP contribution in [0.2, 0.25) is 0 Å². The molecular weight excluding hydrogens is 216 g/mol. The van der Waals surface area contributed by atoms with E-state index in [1.807, 2.05) is 0 Å². The quantitative estimate of drug-likeness (QED) is 0.693. The summed E-state index contributed by atoms with van der Waals surface area (Å²) in [6, 6.07) is 0.352. The SMILES string of the molecule is O=C(O)[C@@H]1CC(O)CN1C(=O)c1ccon1. The number of carbonyl (C=O) groups excluding carboxylic acids is 1. The van der Waals surface area contributed by atoms with Crippen LogP contribution in [-0.2, 0) is 4.79 Å². The van der Waals surface area contributed by atoms with Gasteiger partial charge in [0, 0.05) is 19.0 Å². The van der Waals surface area contributed by atoms with Gasteiger partial charge in [-0.25, -0.2) is 4.79 Å². The minimum atomic E-state index is -1.13. The molecule has 0 aliphatic carbocycles. The standard InChI is InChI=1S/C9H10N2O5/c12-5-3-7(9(14)15)11(4-5)8(13)6-1-2-16-10-6/h1-2,5,7,12H,3-4H2,(H,14,15)/t5?,7-/m0/s1. The highest BCUT2D eigenvalue weighted by Gasteiger charge is 2.39. The van der Waals surface area contributed by atoms with Gasteiger partial charge in [-0.2, -0.15) is 0 Å². The molecule has 0 radical (unpaired) electrons. The first-order valence-corrected chi connectivity index (χ1v) is 4.72. The van der Waals surface area contributed by atoms with Crippen molar-refractivity contribution in [1.29, 1.82) is 0 Å². The van der Waals surface area contributed by atoms with Crippen molar-refractivity contribution in [2.45, 2.75) is 18.6 Å². The summed E-state index contributed by atoms with van der Waals surface area (Å²) in [6.07, 6.45) is 0.464. The van der Waals surface area contributed by atoms with Crippen molar-refractivity contribution in [2.75, 3.05) is 6.54 Å². The Morgan fingerprint density at radius 1 is 1.56 bits per heavy atom. The summed E-state index contributed by atoms with van der Waals surface area (Å²) >= 11 is 0. The third-order valence-electron chi connectivity index (χ3n) is 2.48. The predicted octanol–water partition coefficient (Wildman–Crippen LogP) is -0.665. The van der Waals surface area contributed by atoms with Crippen LogP contribution in [0.5, 0.6) is 0 Å². The van der Waals surface area contributed by atoms with Gasteiger partial charge in [-0.15, -0.1) is 0 Å². The van der Waals surface area contributed by atoms with Gasteiger partial charge in [-0.1, -0.05) is 5.16 Å². The van der Waals surface area contributed by atoms with Crippen LogP contribution in [0.15, 0.2) is 16.9 Å². The van der Waals surface area contributed by atoms with Gasteiger partial charge in [0.2, 0.25) is 0 Å². The maximum absolute atomic E-state index is 11.8. The van der Waals surface area contributed by atoms with Crippen LogP contribution in [-0.4, -0.2) is 50.8 Å². The number of rotatable bonds is 2. The van der Waals surface area contributed by atoms with Gasteiger partial charge < -0.3 is 19.6 Å². The highest BCUT2D eigenvalue weighted by molar-refractivity contribution is 5.95. The lowest BCUT2D eigenvalue weighted by atomic mass is 10.2. The first-order chi connectivity index (χ1) is 7.59. The van der Waals surface area contributed by atoms with Crippen molar-refractivity contribution in [3.05, 3.63) is 18.0 Å². The molecule has 1 aliphatic heterocycles. The molecule has 1 aromatic heterocycles. The average molecular weight is 226 g/mol. The van der Waals surface area contributed by atoms with Gasteiger partial charge in [0.25, 0.3) is 5.91 Å². The zero-order valence-corrected chi connectivity index (χ0v) is 8.24. The third kappa shape index (κ3) is 1.76. The molecule has 1 fully saturated rings. The summed E-state index contributed by atoms with van der Waals surface area (Å²) in [7, 11) is 0. The van der Waals surface area contributed by atoms with E-state index >= 15 is 0 Å². The van der Waals surface area contributed by atoms with E-state index in [-0.39, 0.29) is 18.7 Å². The third-order valence-corrected chi connectivity index (χ3v) is 2.48. The maximum Gasteiger partial charge on any atom is 0.326 e. The van der Waals surface area contributed by atoms with Gasteiger partial charge in [0.05, 0.1) is 6.10 Å². The number of amides is 1. The van der Waals surface area contributed by atoms with Crippen LogP contribution in [0.25, 0.3) is 0 Å². The molecule has 7 nitrogen and oxygen atoms in total. The number of aliphatic carboxylic acids is 1. The topological polar surface area (TPSA) is 104 Å². The molecule has 16 heavy (non-hydrogen) atoms. The van der Waals surface area contributed by atoms with Crippen LogP contribution >= 0.6 is 0 Å². The van der Waals surface area contributed by atoms with Crippen LogP contribution in [0.4, 0.5) is 0 Å². The number of likely N-dealkylation sites (tertiary alicyclic amines) is 1. The number of aliphatic hydroxyl groups excluding tert-OH is 1. The van der Waals surface area contributed by atoms with Crippen LogP contribution < -0.4 is 0 Å². The van der Waals surface area contributed by atoms with E-state index in [0.29, 0.717) is 0 Å². The normalized spacial score (nSPS) is 24.7. The number of carbonyl (C=O) groups is 2. The molecule has 7 heteroatoms. The lowest BCUT2D eigenvalue weighted by Crippen LogP contribution is -2.40. The van der Waals surface area contributed by atoms with Crippen molar-refractivity contribution in [1.82, 2.24) is 10.1 Å². The first-order valence-electron chi connectivity index (χ1n) is 4.72. The number of aromatic nitrogens is 1. The monoisotopic (exact) mass is 226 g/mol. The Labute approximate surface area is 90.3 Å². The fraction of sp³-hybridized carbons (Fsp3) is 0.444. The molecule has 86 valence electrons. The molecule has 1 aliphatic rings. The number of carboxylic acids is 1. The van der Waals surface area contributed by atoms with Gasteiger partial charge >= 0.3 is 5.97 Å². The zero-order chi connectivity index (χ0) is 11.7. The summed E-state index contributed by atoms with van der Waals surface area (Å²) in [4.78, 5) is 23.8. The van der Waals surface area contributed by atoms with E-state index in [9.17, 15) is 14.7 Å². The van der Waals surface area contributed by atoms with E-state index in [0.717, 1.165) is 4.90 Å². The summed E-state index contributed by atoms with van der Waals surface area (Å²) in [6.45, 7) is 0.00264. The molecule has 1 aromatic rings. The molecule has 0 aromatic carbocycles. The molecule has 0 saturated carbocycles. The molecule has 1 amide bonds. The fourth-order valence-corrected chi connectivity index (χ4v) is 1.74. The maximum atomic E-state index is 11.8. The van der Waals surface area contributed by atoms with E-state index in [1.54, 1.807) is 0 Å². The number of carboxylic acid groups (broad SMARTS) is 1. The van der Waals surface area contributed by atoms with E-state index in [4.69, 9.17) is 5.11 Å². The smallest absolute Gasteiger partial charge is 0.326 e. The molecule has 1 unspecified atom stereocenters. The first kappa shape index (κ1) is 10.6.